The van der Waals surface area contributed by atoms with Crippen LogP contribution in [0.3, 0.4) is 0 Å². The zero-order valence-electron chi connectivity index (χ0n) is 8.64. The molecule has 1 atom stereocenters. The van der Waals surface area contributed by atoms with Crippen LogP contribution in [0.5, 0.6) is 0 Å². The van der Waals surface area contributed by atoms with Gasteiger partial charge in [-0.2, -0.15) is 0 Å². The Morgan fingerprint density at radius 3 is 2.94 bits per heavy atom. The molecule has 2 rings (SSSR count). The Labute approximate surface area is 92.5 Å². The Hall–Kier alpha value is -1.91. The van der Waals surface area contributed by atoms with E-state index in [9.17, 15) is 9.59 Å². The van der Waals surface area contributed by atoms with Crippen molar-refractivity contribution in [3.8, 4) is 0 Å². The van der Waals surface area contributed by atoms with Gasteiger partial charge in [-0.05, 0) is 11.6 Å². The summed E-state index contributed by atoms with van der Waals surface area (Å²) in [7, 11) is 0. The maximum Gasteiger partial charge on any atom is 0.304 e. The quantitative estimate of drug-likeness (QED) is 0.768. The van der Waals surface area contributed by atoms with Crippen molar-refractivity contribution in [3.05, 3.63) is 30.1 Å². The molecule has 84 valence electrons. The van der Waals surface area contributed by atoms with Gasteiger partial charge in [-0.1, -0.05) is 6.07 Å². The molecule has 0 aromatic carbocycles. The minimum absolute atomic E-state index is 0.0581. The maximum atomic E-state index is 11.3. The third kappa shape index (κ3) is 1.88. The summed E-state index contributed by atoms with van der Waals surface area (Å²) in [6.07, 6.45) is 3.41. The van der Waals surface area contributed by atoms with Gasteiger partial charge in [0.25, 0.3) is 0 Å². The number of aromatic nitrogens is 1. The van der Waals surface area contributed by atoms with E-state index in [-0.39, 0.29) is 18.7 Å². The fourth-order valence-electron chi connectivity index (χ4n) is 2.10. The van der Waals surface area contributed by atoms with E-state index in [0.717, 1.165) is 5.56 Å². The second-order valence-electron chi connectivity index (χ2n) is 4.05. The van der Waals surface area contributed by atoms with Gasteiger partial charge in [0.2, 0.25) is 5.91 Å². The first-order valence-electron chi connectivity index (χ1n) is 5.01. The van der Waals surface area contributed by atoms with Gasteiger partial charge in [0.05, 0.1) is 6.42 Å². The molecule has 1 aliphatic rings. The van der Waals surface area contributed by atoms with Crippen molar-refractivity contribution in [2.75, 3.05) is 6.54 Å². The zero-order valence-corrected chi connectivity index (χ0v) is 8.64. The van der Waals surface area contributed by atoms with Gasteiger partial charge in [0, 0.05) is 30.8 Å². The van der Waals surface area contributed by atoms with E-state index in [4.69, 9.17) is 5.11 Å². The third-order valence-electron chi connectivity index (χ3n) is 2.89. The molecule has 1 fully saturated rings. The fourth-order valence-corrected chi connectivity index (χ4v) is 2.10. The Bertz CT molecular complexity index is 418. The Morgan fingerprint density at radius 1 is 1.62 bits per heavy atom. The van der Waals surface area contributed by atoms with E-state index in [1.54, 1.807) is 18.5 Å². The first-order chi connectivity index (χ1) is 7.62. The van der Waals surface area contributed by atoms with Crippen LogP contribution in [0.15, 0.2) is 24.5 Å². The van der Waals surface area contributed by atoms with Crippen molar-refractivity contribution >= 4 is 11.9 Å². The first-order valence-corrected chi connectivity index (χ1v) is 5.01. The van der Waals surface area contributed by atoms with Crippen LogP contribution in [0.4, 0.5) is 0 Å². The van der Waals surface area contributed by atoms with Crippen LogP contribution in [0, 0.1) is 0 Å². The lowest BCUT2D eigenvalue weighted by molar-refractivity contribution is -0.138. The van der Waals surface area contributed by atoms with E-state index >= 15 is 0 Å². The molecule has 1 unspecified atom stereocenters. The van der Waals surface area contributed by atoms with E-state index in [2.05, 4.69) is 10.3 Å². The van der Waals surface area contributed by atoms with Gasteiger partial charge in [0.1, 0.15) is 0 Å². The molecule has 2 heterocycles. The predicted octanol–water partition coefficient (Wildman–Crippen LogP) is 0.314. The number of aliphatic carboxylic acids is 1. The van der Waals surface area contributed by atoms with Crippen LogP contribution in [0.2, 0.25) is 0 Å². The van der Waals surface area contributed by atoms with Crippen LogP contribution in [-0.4, -0.2) is 28.5 Å². The standard InChI is InChI=1S/C11H12N2O3/c14-9-4-11(7-13-9,5-10(15)16)8-2-1-3-12-6-8/h1-3,6H,4-5,7H2,(H,13,14)(H,15,16). The van der Waals surface area contributed by atoms with Gasteiger partial charge in [-0.3, -0.25) is 14.6 Å². The highest BCUT2D eigenvalue weighted by Crippen LogP contribution is 2.34. The largest absolute Gasteiger partial charge is 0.481 e. The Kier molecular flexibility index (Phi) is 2.60. The minimum Gasteiger partial charge on any atom is -0.481 e. The number of carboxylic acid groups (broad SMARTS) is 1. The topological polar surface area (TPSA) is 79.3 Å². The van der Waals surface area contributed by atoms with Crippen molar-refractivity contribution in [3.63, 3.8) is 0 Å². The molecule has 0 saturated carbocycles. The lowest BCUT2D eigenvalue weighted by Crippen LogP contribution is -2.31. The molecule has 5 heteroatoms. The average molecular weight is 220 g/mol. The number of rotatable bonds is 3. The molecule has 1 aromatic heterocycles. The van der Waals surface area contributed by atoms with Gasteiger partial charge >= 0.3 is 5.97 Å². The highest BCUT2D eigenvalue weighted by Gasteiger charge is 2.41. The molecule has 0 radical (unpaired) electrons. The number of pyridine rings is 1. The molecule has 1 aromatic rings. The number of hydrogen-bond donors (Lipinski definition) is 2. The van der Waals surface area contributed by atoms with Crippen LogP contribution < -0.4 is 5.32 Å². The van der Waals surface area contributed by atoms with Crippen LogP contribution in [0.1, 0.15) is 18.4 Å². The van der Waals surface area contributed by atoms with Crippen LogP contribution in [-0.2, 0) is 15.0 Å². The SMILES string of the molecule is O=C(O)CC1(c2cccnc2)CNC(=O)C1. The number of carbonyl (C=O) groups is 2. The molecule has 1 aliphatic heterocycles. The maximum absolute atomic E-state index is 11.3. The van der Waals surface area contributed by atoms with Crippen molar-refractivity contribution in [2.24, 2.45) is 0 Å². The van der Waals surface area contributed by atoms with Gasteiger partial charge in [-0.15, -0.1) is 0 Å². The summed E-state index contributed by atoms with van der Waals surface area (Å²) in [5.74, 6) is -1.01. The second kappa shape index (κ2) is 3.92. The molecular formula is C11H12N2O3. The van der Waals surface area contributed by atoms with Crippen LogP contribution in [0.25, 0.3) is 0 Å². The third-order valence-corrected chi connectivity index (χ3v) is 2.89. The summed E-state index contributed by atoms with van der Waals surface area (Å²) in [4.78, 5) is 26.1. The Balaban J connectivity index is 2.35. The summed E-state index contributed by atoms with van der Waals surface area (Å²) in [5.41, 5.74) is 0.160. The van der Waals surface area contributed by atoms with Crippen molar-refractivity contribution in [1.29, 1.82) is 0 Å². The summed E-state index contributed by atoms with van der Waals surface area (Å²) >= 11 is 0. The summed E-state index contributed by atoms with van der Waals surface area (Å²) in [6.45, 7) is 0.365. The highest BCUT2D eigenvalue weighted by atomic mass is 16.4. The molecule has 5 nitrogen and oxygen atoms in total. The van der Waals surface area contributed by atoms with E-state index < -0.39 is 11.4 Å². The second-order valence-corrected chi connectivity index (χ2v) is 4.05. The van der Waals surface area contributed by atoms with Crippen molar-refractivity contribution in [2.45, 2.75) is 18.3 Å². The molecule has 16 heavy (non-hydrogen) atoms. The number of amides is 1. The van der Waals surface area contributed by atoms with Crippen molar-refractivity contribution < 1.29 is 14.7 Å². The first kappa shape index (κ1) is 10.6. The van der Waals surface area contributed by atoms with E-state index in [0.29, 0.717) is 6.54 Å². The number of carbonyl (C=O) groups excluding carboxylic acids is 1. The molecule has 2 N–H and O–H groups in total. The summed E-state index contributed by atoms with van der Waals surface area (Å²) in [6, 6.07) is 3.57. The number of nitrogens with zero attached hydrogens (tertiary/aromatic N) is 1. The highest BCUT2D eigenvalue weighted by molar-refractivity contribution is 5.82. The number of hydrogen-bond acceptors (Lipinski definition) is 3. The molecule has 1 saturated heterocycles. The van der Waals surface area contributed by atoms with Crippen LogP contribution >= 0.6 is 0 Å². The zero-order chi connectivity index (χ0) is 11.6. The Morgan fingerprint density at radius 2 is 2.44 bits per heavy atom. The number of carboxylic acids is 1. The monoisotopic (exact) mass is 220 g/mol. The lowest BCUT2D eigenvalue weighted by atomic mass is 9.77. The smallest absolute Gasteiger partial charge is 0.304 e. The van der Waals surface area contributed by atoms with E-state index in [1.165, 1.54) is 0 Å². The summed E-state index contributed by atoms with van der Waals surface area (Å²) < 4.78 is 0. The molecule has 1 amide bonds. The van der Waals surface area contributed by atoms with Gasteiger partial charge in [-0.25, -0.2) is 0 Å². The van der Waals surface area contributed by atoms with E-state index in [1.807, 2.05) is 6.07 Å². The average Bonchev–Trinajstić information content (AvgIpc) is 2.62. The number of nitrogens with one attached hydrogen (secondary N) is 1. The van der Waals surface area contributed by atoms with Gasteiger partial charge in [0.15, 0.2) is 0 Å². The van der Waals surface area contributed by atoms with Gasteiger partial charge < -0.3 is 10.4 Å². The van der Waals surface area contributed by atoms with Crippen molar-refractivity contribution in [1.82, 2.24) is 10.3 Å². The molecule has 0 spiro atoms. The molecule has 0 aliphatic carbocycles. The lowest BCUT2D eigenvalue weighted by Gasteiger charge is -2.25. The molecule has 0 bridgehead atoms. The fraction of sp³-hybridized carbons (Fsp3) is 0.364. The summed E-state index contributed by atoms with van der Waals surface area (Å²) in [5, 5.41) is 11.6. The minimum atomic E-state index is -0.902. The molecular weight excluding hydrogens is 208 g/mol. The normalized spacial score (nSPS) is 24.1. The predicted molar refractivity (Wildman–Crippen MR) is 55.8 cm³/mol.